The van der Waals surface area contributed by atoms with Crippen LogP contribution >= 0.6 is 0 Å². The molecule has 0 aliphatic carbocycles. The van der Waals surface area contributed by atoms with Gasteiger partial charge in [0.05, 0.1) is 18.3 Å². The second-order valence-electron chi connectivity index (χ2n) is 6.72. The van der Waals surface area contributed by atoms with Gasteiger partial charge in [-0.05, 0) is 19.4 Å². The lowest BCUT2D eigenvalue weighted by molar-refractivity contribution is -0.0692. The van der Waals surface area contributed by atoms with Crippen molar-refractivity contribution in [3.8, 4) is 0 Å². The van der Waals surface area contributed by atoms with Gasteiger partial charge < -0.3 is 14.2 Å². The molecule has 0 spiro atoms. The molecule has 1 aliphatic rings. The van der Waals surface area contributed by atoms with Crippen LogP contribution in [0.3, 0.4) is 0 Å². The van der Waals surface area contributed by atoms with E-state index in [0.29, 0.717) is 30.1 Å². The number of benzene rings is 1. The summed E-state index contributed by atoms with van der Waals surface area (Å²) in [5.74, 6) is 0.759. The topological polar surface area (TPSA) is 55.6 Å². The summed E-state index contributed by atoms with van der Waals surface area (Å²) >= 11 is 0. The highest BCUT2D eigenvalue weighted by Crippen LogP contribution is 2.29. The van der Waals surface area contributed by atoms with E-state index in [1.165, 1.54) is 0 Å². The number of morpholine rings is 1. The first-order valence-corrected chi connectivity index (χ1v) is 8.43. The molecule has 0 unspecified atom stereocenters. The molecule has 1 aliphatic heterocycles. The van der Waals surface area contributed by atoms with E-state index < -0.39 is 0 Å². The molecular weight excluding hydrogens is 304 g/mol. The van der Waals surface area contributed by atoms with Gasteiger partial charge in [-0.3, -0.25) is 4.79 Å². The van der Waals surface area contributed by atoms with Crippen molar-refractivity contribution >= 4 is 5.91 Å². The Morgan fingerprint density at radius 3 is 2.62 bits per heavy atom. The molecule has 1 fully saturated rings. The van der Waals surface area contributed by atoms with E-state index in [1.807, 2.05) is 62.9 Å². The van der Waals surface area contributed by atoms with E-state index in [2.05, 4.69) is 5.16 Å². The van der Waals surface area contributed by atoms with Gasteiger partial charge in [0, 0.05) is 12.5 Å². The van der Waals surface area contributed by atoms with Gasteiger partial charge in [0.15, 0.2) is 5.76 Å². The summed E-state index contributed by atoms with van der Waals surface area (Å²) in [6, 6.07) is 10.0. The lowest BCUT2D eigenvalue weighted by Crippen LogP contribution is -2.46. The lowest BCUT2D eigenvalue weighted by Gasteiger charge is -2.37. The summed E-state index contributed by atoms with van der Waals surface area (Å²) in [6.07, 6.45) is -0.128. The highest BCUT2D eigenvalue weighted by atomic mass is 16.5. The van der Waals surface area contributed by atoms with Gasteiger partial charge in [0.1, 0.15) is 11.7 Å². The highest BCUT2D eigenvalue weighted by Gasteiger charge is 2.33. The van der Waals surface area contributed by atoms with E-state index in [9.17, 15) is 4.79 Å². The summed E-state index contributed by atoms with van der Waals surface area (Å²) in [5, 5.41) is 4.00. The Balaban J connectivity index is 1.86. The van der Waals surface area contributed by atoms with Crippen molar-refractivity contribution in [2.24, 2.45) is 0 Å². The van der Waals surface area contributed by atoms with Crippen molar-refractivity contribution in [3.05, 3.63) is 52.9 Å². The zero-order chi connectivity index (χ0) is 17.3. The maximum atomic E-state index is 13.1. The van der Waals surface area contributed by atoms with Crippen LogP contribution in [-0.4, -0.2) is 35.2 Å². The Morgan fingerprint density at radius 2 is 1.96 bits per heavy atom. The number of hydrogen-bond acceptors (Lipinski definition) is 4. The largest absolute Gasteiger partial charge is 0.367 e. The number of carbonyl (C=O) groups is 1. The van der Waals surface area contributed by atoms with Gasteiger partial charge in [-0.2, -0.15) is 0 Å². The molecular formula is C19H24N2O3. The molecule has 128 valence electrons. The van der Waals surface area contributed by atoms with Crippen LogP contribution in [0.15, 0.2) is 34.9 Å². The van der Waals surface area contributed by atoms with Crippen LogP contribution < -0.4 is 0 Å². The fourth-order valence-corrected chi connectivity index (χ4v) is 3.17. The Kier molecular flexibility index (Phi) is 4.71. The third kappa shape index (κ3) is 3.22. The molecule has 0 saturated carbocycles. The minimum Gasteiger partial charge on any atom is -0.367 e. The van der Waals surface area contributed by atoms with E-state index in [1.54, 1.807) is 0 Å². The van der Waals surface area contributed by atoms with Crippen molar-refractivity contribution < 1.29 is 14.1 Å². The van der Waals surface area contributed by atoms with E-state index >= 15 is 0 Å². The number of aryl methyl sites for hydroxylation is 1. The van der Waals surface area contributed by atoms with Crippen molar-refractivity contribution in [2.45, 2.75) is 45.8 Å². The van der Waals surface area contributed by atoms with Crippen molar-refractivity contribution in [3.63, 3.8) is 0 Å². The fourth-order valence-electron chi connectivity index (χ4n) is 3.17. The van der Waals surface area contributed by atoms with Gasteiger partial charge >= 0.3 is 0 Å². The Morgan fingerprint density at radius 1 is 1.25 bits per heavy atom. The number of ether oxygens (including phenoxy) is 1. The predicted molar refractivity (Wildman–Crippen MR) is 91.0 cm³/mol. The average molecular weight is 328 g/mol. The van der Waals surface area contributed by atoms with E-state index in [-0.39, 0.29) is 24.0 Å². The summed E-state index contributed by atoms with van der Waals surface area (Å²) in [4.78, 5) is 15.0. The zero-order valence-electron chi connectivity index (χ0n) is 14.7. The Labute approximate surface area is 142 Å². The molecule has 0 radical (unpaired) electrons. The molecule has 3 rings (SSSR count). The molecule has 24 heavy (non-hydrogen) atoms. The number of hydrogen-bond donors (Lipinski definition) is 0. The van der Waals surface area contributed by atoms with Crippen LogP contribution in [0.1, 0.15) is 60.2 Å². The highest BCUT2D eigenvalue weighted by molar-refractivity contribution is 5.96. The van der Waals surface area contributed by atoms with Gasteiger partial charge in [-0.15, -0.1) is 0 Å². The maximum absolute atomic E-state index is 13.1. The Bertz CT molecular complexity index is 709. The third-order valence-corrected chi connectivity index (χ3v) is 4.35. The molecule has 1 aromatic carbocycles. The third-order valence-electron chi connectivity index (χ3n) is 4.35. The van der Waals surface area contributed by atoms with Crippen LogP contribution in [0.5, 0.6) is 0 Å². The first-order valence-electron chi connectivity index (χ1n) is 8.43. The lowest BCUT2D eigenvalue weighted by atomic mass is 10.0. The molecule has 0 N–H and O–H groups in total. The summed E-state index contributed by atoms with van der Waals surface area (Å²) in [5.41, 5.74) is 2.35. The molecule has 0 bridgehead atoms. The Hall–Kier alpha value is -2.14. The minimum absolute atomic E-state index is 0.0180. The normalized spacial score (nSPS) is 21.3. The van der Waals surface area contributed by atoms with Crippen LogP contribution in [0.2, 0.25) is 0 Å². The standard InChI is InChI=1S/C19H24N2O3/c1-12(2)18-17(14(4)20-24-18)19(22)21-10-13(3)23-16(11-21)15-8-6-5-7-9-15/h5-9,12-13,16H,10-11H2,1-4H3/t13-,16-/m0/s1. The number of carbonyl (C=O) groups excluding carboxylic acids is 1. The van der Waals surface area contributed by atoms with Crippen molar-refractivity contribution in [2.75, 3.05) is 13.1 Å². The SMILES string of the molecule is Cc1noc(C(C)C)c1C(=O)N1C[C@@H](c2ccccc2)O[C@@H](C)C1. The van der Waals surface area contributed by atoms with Gasteiger partial charge in [-0.25, -0.2) is 0 Å². The first-order chi connectivity index (χ1) is 11.5. The van der Waals surface area contributed by atoms with Crippen LogP contribution in [0.25, 0.3) is 0 Å². The summed E-state index contributed by atoms with van der Waals surface area (Å²) in [7, 11) is 0. The quantitative estimate of drug-likeness (QED) is 0.862. The monoisotopic (exact) mass is 328 g/mol. The number of nitrogens with zero attached hydrogens (tertiary/aromatic N) is 2. The average Bonchev–Trinajstić information content (AvgIpc) is 2.96. The summed E-state index contributed by atoms with van der Waals surface area (Å²) < 4.78 is 11.4. The molecule has 1 amide bonds. The molecule has 2 heterocycles. The van der Waals surface area contributed by atoms with Gasteiger partial charge in [0.25, 0.3) is 5.91 Å². The number of amides is 1. The molecule has 5 heteroatoms. The zero-order valence-corrected chi connectivity index (χ0v) is 14.7. The first kappa shape index (κ1) is 16.7. The van der Waals surface area contributed by atoms with Gasteiger partial charge in [-0.1, -0.05) is 49.3 Å². The molecule has 1 saturated heterocycles. The van der Waals surface area contributed by atoms with E-state index in [0.717, 1.165) is 5.56 Å². The molecule has 2 atom stereocenters. The summed E-state index contributed by atoms with van der Waals surface area (Å²) in [6.45, 7) is 8.94. The van der Waals surface area contributed by atoms with Crippen molar-refractivity contribution in [1.82, 2.24) is 10.1 Å². The van der Waals surface area contributed by atoms with Crippen LogP contribution in [-0.2, 0) is 4.74 Å². The fraction of sp³-hybridized carbons (Fsp3) is 0.474. The van der Waals surface area contributed by atoms with Crippen LogP contribution in [0.4, 0.5) is 0 Å². The van der Waals surface area contributed by atoms with Crippen LogP contribution in [0, 0.1) is 6.92 Å². The number of rotatable bonds is 3. The molecule has 5 nitrogen and oxygen atoms in total. The molecule has 2 aromatic rings. The maximum Gasteiger partial charge on any atom is 0.259 e. The van der Waals surface area contributed by atoms with E-state index in [4.69, 9.17) is 9.26 Å². The second-order valence-corrected chi connectivity index (χ2v) is 6.72. The molecule has 1 aromatic heterocycles. The number of aromatic nitrogens is 1. The second kappa shape index (κ2) is 6.77. The smallest absolute Gasteiger partial charge is 0.259 e. The van der Waals surface area contributed by atoms with Crippen molar-refractivity contribution in [1.29, 1.82) is 0 Å². The predicted octanol–water partition coefficient (Wildman–Crippen LogP) is 3.71. The minimum atomic E-state index is -0.110. The van der Waals surface area contributed by atoms with Gasteiger partial charge in [0.2, 0.25) is 0 Å².